The normalized spacial score (nSPS) is 9.25. The summed E-state index contributed by atoms with van der Waals surface area (Å²) in [6.07, 6.45) is 3.38. The summed E-state index contributed by atoms with van der Waals surface area (Å²) in [7, 11) is 0. The van der Waals surface area contributed by atoms with Crippen LogP contribution in [0.25, 0.3) is 0 Å². The molecule has 2 rings (SSSR count). The molecule has 3 nitrogen and oxygen atoms in total. The molecule has 0 radical (unpaired) electrons. The van der Waals surface area contributed by atoms with Crippen LogP contribution in [0.1, 0.15) is 5.56 Å². The molecule has 0 unspecified atom stereocenters. The van der Waals surface area contributed by atoms with E-state index < -0.39 is 0 Å². The summed E-state index contributed by atoms with van der Waals surface area (Å²) in [5.41, 5.74) is 1.96. The fraction of sp³-hybridized carbons (Fsp3) is 0.0769. The molecule has 0 aliphatic rings. The number of rotatable bonds is 3. The number of nitrogens with zero attached hydrogens (tertiary/aromatic N) is 3. The van der Waals surface area contributed by atoms with Gasteiger partial charge in [0.1, 0.15) is 0 Å². The van der Waals surface area contributed by atoms with Crippen LogP contribution in [0.15, 0.2) is 64.8 Å². The molecule has 1 heterocycles. The molecule has 0 amide bonds. The Morgan fingerprint density at radius 1 is 1.00 bits per heavy atom. The second-order valence-corrected chi connectivity index (χ2v) is 3.22. The summed E-state index contributed by atoms with van der Waals surface area (Å²) in [5, 5.41) is 0. The highest BCUT2D eigenvalue weighted by molar-refractivity contribution is 5.51. The second-order valence-electron chi connectivity index (χ2n) is 3.22. The first-order chi connectivity index (χ1) is 7.95. The van der Waals surface area contributed by atoms with Crippen LogP contribution in [-0.4, -0.2) is 11.0 Å². The van der Waals surface area contributed by atoms with Gasteiger partial charge in [-0.1, -0.05) is 30.3 Å². The summed E-state index contributed by atoms with van der Waals surface area (Å²) in [6.45, 7) is 0.607. The largest absolute Gasteiger partial charge is 0.265 e. The van der Waals surface area contributed by atoms with E-state index in [9.17, 15) is 0 Å². The molecule has 0 N–H and O–H groups in total. The lowest BCUT2D eigenvalue weighted by molar-refractivity contribution is 1.08. The first kappa shape index (κ1) is 10.3. The third-order valence-corrected chi connectivity index (χ3v) is 2.02. The van der Waals surface area contributed by atoms with E-state index in [1.807, 2.05) is 42.5 Å². The highest BCUT2D eigenvalue weighted by Crippen LogP contribution is 2.06. The van der Waals surface area contributed by atoms with E-state index in [4.69, 9.17) is 0 Å². The molecule has 0 aliphatic carbocycles. The first-order valence-corrected chi connectivity index (χ1v) is 5.01. The summed E-state index contributed by atoms with van der Waals surface area (Å²) < 4.78 is 0. The topological polar surface area (TPSA) is 37.6 Å². The number of aliphatic imine (C=N–C) groups is 2. The van der Waals surface area contributed by atoms with Crippen LogP contribution in [0.3, 0.4) is 0 Å². The summed E-state index contributed by atoms with van der Waals surface area (Å²) in [6, 6.07) is 16.3. The van der Waals surface area contributed by atoms with Crippen molar-refractivity contribution in [2.75, 3.05) is 0 Å². The predicted molar refractivity (Wildman–Crippen MR) is 63.9 cm³/mol. The number of benzene rings is 1. The molecule has 1 aromatic carbocycles. The Labute approximate surface area is 94.2 Å². The van der Waals surface area contributed by atoms with E-state index in [1.54, 1.807) is 12.4 Å². The Morgan fingerprint density at radius 2 is 1.75 bits per heavy atom. The monoisotopic (exact) mass is 209 g/mol. The van der Waals surface area contributed by atoms with Gasteiger partial charge in [0.15, 0.2) is 0 Å². The Kier molecular flexibility index (Phi) is 3.59. The lowest BCUT2D eigenvalue weighted by Crippen LogP contribution is -1.77. The molecule has 16 heavy (non-hydrogen) atoms. The third kappa shape index (κ3) is 3.15. The summed E-state index contributed by atoms with van der Waals surface area (Å²) >= 11 is 0. The minimum Gasteiger partial charge on any atom is -0.265 e. The number of pyridine rings is 1. The van der Waals surface area contributed by atoms with Gasteiger partial charge in [0.05, 0.1) is 18.2 Å². The van der Waals surface area contributed by atoms with Crippen molar-refractivity contribution in [2.45, 2.75) is 6.54 Å². The highest BCUT2D eigenvalue weighted by Gasteiger charge is 1.85. The first-order valence-electron chi connectivity index (χ1n) is 5.01. The van der Waals surface area contributed by atoms with Crippen molar-refractivity contribution in [2.24, 2.45) is 9.98 Å². The zero-order chi connectivity index (χ0) is 11.1. The molecule has 0 aliphatic heterocycles. The maximum Gasteiger partial charge on any atom is 0.0952 e. The fourth-order valence-corrected chi connectivity index (χ4v) is 1.22. The molecule has 78 valence electrons. The average molecular weight is 209 g/mol. The minimum atomic E-state index is 0.607. The van der Waals surface area contributed by atoms with Crippen molar-refractivity contribution in [3.05, 3.63) is 60.4 Å². The molecule has 0 atom stereocenters. The number of hydrogen-bond donors (Lipinski definition) is 0. The van der Waals surface area contributed by atoms with Crippen LogP contribution in [0.2, 0.25) is 0 Å². The average Bonchev–Trinajstić information content (AvgIpc) is 2.37. The molecule has 0 fully saturated rings. The number of hydrogen-bond acceptors (Lipinski definition) is 3. The van der Waals surface area contributed by atoms with Crippen molar-refractivity contribution in [3.63, 3.8) is 0 Å². The van der Waals surface area contributed by atoms with Crippen LogP contribution in [0.5, 0.6) is 0 Å². The summed E-state index contributed by atoms with van der Waals surface area (Å²) in [5.74, 6) is 0. The van der Waals surface area contributed by atoms with E-state index in [0.29, 0.717) is 6.54 Å². The van der Waals surface area contributed by atoms with Gasteiger partial charge in [-0.2, -0.15) is 4.99 Å². The third-order valence-electron chi connectivity index (χ3n) is 2.02. The zero-order valence-electron chi connectivity index (χ0n) is 8.74. The molecular formula is C13H11N3. The van der Waals surface area contributed by atoms with E-state index in [-0.39, 0.29) is 0 Å². The molecule has 0 saturated heterocycles. The van der Waals surface area contributed by atoms with E-state index in [2.05, 4.69) is 21.0 Å². The quantitative estimate of drug-likeness (QED) is 0.716. The van der Waals surface area contributed by atoms with Crippen molar-refractivity contribution in [1.82, 2.24) is 4.98 Å². The van der Waals surface area contributed by atoms with Crippen LogP contribution < -0.4 is 0 Å². The van der Waals surface area contributed by atoms with Gasteiger partial charge in [-0.3, -0.25) is 4.98 Å². The van der Waals surface area contributed by atoms with Crippen molar-refractivity contribution < 1.29 is 0 Å². The molecule has 0 spiro atoms. The van der Waals surface area contributed by atoms with Gasteiger partial charge in [-0.25, -0.2) is 4.99 Å². The minimum absolute atomic E-state index is 0.607. The van der Waals surface area contributed by atoms with Crippen molar-refractivity contribution in [1.29, 1.82) is 0 Å². The predicted octanol–water partition coefficient (Wildman–Crippen LogP) is 3.09. The number of aromatic nitrogens is 1. The maximum atomic E-state index is 4.10. The lowest BCUT2D eigenvalue weighted by Gasteiger charge is -1.91. The molecule has 0 saturated carbocycles. The van der Waals surface area contributed by atoms with Crippen molar-refractivity contribution >= 4 is 11.7 Å². The van der Waals surface area contributed by atoms with E-state index in [1.165, 1.54) is 0 Å². The SMILES string of the molecule is C(=NCc1ccccc1)=Nc1ccncc1. The van der Waals surface area contributed by atoms with Gasteiger partial charge >= 0.3 is 0 Å². The molecule has 3 heteroatoms. The van der Waals surface area contributed by atoms with Gasteiger partial charge in [-0.05, 0) is 17.7 Å². The Bertz CT molecular complexity index is 485. The van der Waals surface area contributed by atoms with E-state index in [0.717, 1.165) is 11.3 Å². The van der Waals surface area contributed by atoms with E-state index >= 15 is 0 Å². The molecule has 0 bridgehead atoms. The van der Waals surface area contributed by atoms with Gasteiger partial charge < -0.3 is 0 Å². The lowest BCUT2D eigenvalue weighted by atomic mass is 10.2. The maximum absolute atomic E-state index is 4.10. The Morgan fingerprint density at radius 3 is 2.50 bits per heavy atom. The van der Waals surface area contributed by atoms with Gasteiger partial charge in [0.25, 0.3) is 0 Å². The van der Waals surface area contributed by atoms with Gasteiger partial charge in [-0.15, -0.1) is 0 Å². The van der Waals surface area contributed by atoms with Crippen molar-refractivity contribution in [3.8, 4) is 0 Å². The molecular weight excluding hydrogens is 198 g/mol. The van der Waals surface area contributed by atoms with Crippen LogP contribution in [-0.2, 0) is 6.54 Å². The second kappa shape index (κ2) is 5.59. The zero-order valence-corrected chi connectivity index (χ0v) is 8.74. The highest BCUT2D eigenvalue weighted by atomic mass is 14.8. The van der Waals surface area contributed by atoms with Crippen LogP contribution >= 0.6 is 0 Å². The molecule has 2 aromatic rings. The standard InChI is InChI=1S/C13H11N3/c1-2-4-12(5-3-1)10-15-11-16-13-6-8-14-9-7-13/h1-9H,10H2. The molecule has 1 aromatic heterocycles. The van der Waals surface area contributed by atoms with Gasteiger partial charge in [0, 0.05) is 12.4 Å². The summed E-state index contributed by atoms with van der Waals surface area (Å²) in [4.78, 5) is 12.1. The fourth-order valence-electron chi connectivity index (χ4n) is 1.22. The van der Waals surface area contributed by atoms with Gasteiger partial charge in [0.2, 0.25) is 0 Å². The Balaban J connectivity index is 1.98. The smallest absolute Gasteiger partial charge is 0.0952 e. The Hall–Kier alpha value is -2.25. The van der Waals surface area contributed by atoms with Crippen LogP contribution in [0, 0.1) is 0 Å². The van der Waals surface area contributed by atoms with Crippen LogP contribution in [0.4, 0.5) is 5.69 Å².